The van der Waals surface area contributed by atoms with E-state index in [9.17, 15) is 31.1 Å². The van der Waals surface area contributed by atoms with Crippen LogP contribution in [0.3, 0.4) is 0 Å². The molecule has 0 radical (unpaired) electrons. The average Bonchev–Trinajstić information content (AvgIpc) is 3.48. The molecule has 1 aliphatic heterocycles. The quantitative estimate of drug-likeness (QED) is 0.137. The Balaban J connectivity index is 0.000000550. The molecule has 1 amide bonds. The Kier molecular flexibility index (Phi) is 17.8. The van der Waals surface area contributed by atoms with Crippen molar-refractivity contribution in [1.82, 2.24) is 15.2 Å². The summed E-state index contributed by atoms with van der Waals surface area (Å²) in [6.07, 6.45) is 4.40. The molecule has 1 aliphatic carbocycles. The zero-order chi connectivity index (χ0) is 38.3. The van der Waals surface area contributed by atoms with Crippen molar-refractivity contribution >= 4 is 46.5 Å². The largest absolute Gasteiger partial charge is 0.490 e. The molecule has 1 saturated carbocycles. The number of alkyl halides is 6. The first-order chi connectivity index (χ1) is 24.0. The number of amides is 1. The molecule has 2 aliphatic rings. The van der Waals surface area contributed by atoms with Crippen molar-refractivity contribution in [2.45, 2.75) is 70.3 Å². The molecule has 1 aromatic heterocycles. The smallest absolute Gasteiger partial charge is 0.483 e. The second kappa shape index (κ2) is 20.9. The molecule has 3 aromatic rings. The molecule has 0 saturated heterocycles. The van der Waals surface area contributed by atoms with Gasteiger partial charge in [0.25, 0.3) is 6.47 Å². The maximum Gasteiger partial charge on any atom is 0.490 e. The number of aromatic nitrogens is 1. The van der Waals surface area contributed by atoms with Crippen LogP contribution in [-0.2, 0) is 20.8 Å². The predicted octanol–water partition coefficient (Wildman–Crippen LogP) is 7.74. The fourth-order valence-electron chi connectivity index (χ4n) is 6.54. The number of carboxylic acid groups (broad SMARTS) is 2. The standard InChI is InChI=1S/C31H41ClN4O.C2HF3O2.CHF3.CH2O2/c1-21(27-18-33-28-12-8-7-11-26(27)28)30(34-17-22-9-5-4-6-10-22)31(37)36-20-23(19-35(2)3)15-24-16-25(32)13-14-29(24)36;3-2(4,5)1(6)7;2-1(3)4;2-1-3/h7-8,11-14,16,18,21-23,30,33-34H,4-6,9-10,15,17,19-20H2,1-3H3;(H,6,7);1H;1H,(H,2,3)/t21?,23-,30?;;;/m1.../s1. The summed E-state index contributed by atoms with van der Waals surface area (Å²) in [5.41, 5.74) is 4.50. The van der Waals surface area contributed by atoms with Crippen molar-refractivity contribution in [3.63, 3.8) is 0 Å². The molecule has 5 rings (SSSR count). The van der Waals surface area contributed by atoms with Crippen LogP contribution in [-0.4, -0.2) is 91.1 Å². The van der Waals surface area contributed by atoms with Crippen LogP contribution in [0.4, 0.5) is 32.0 Å². The van der Waals surface area contributed by atoms with Crippen LogP contribution in [0.5, 0.6) is 0 Å². The average molecular weight is 751 g/mol. The molecule has 3 atom stereocenters. The summed E-state index contributed by atoms with van der Waals surface area (Å²) in [6.45, 7) is 0.851. The third kappa shape index (κ3) is 14.0. The molecule has 51 heavy (non-hydrogen) atoms. The Bertz CT molecular complexity index is 1530. The Labute approximate surface area is 297 Å². The molecule has 0 bridgehead atoms. The summed E-state index contributed by atoms with van der Waals surface area (Å²) in [4.78, 5) is 39.5. The van der Waals surface area contributed by atoms with Gasteiger partial charge >= 0.3 is 18.8 Å². The lowest BCUT2D eigenvalue weighted by atomic mass is 9.86. The number of carbonyl (C=O) groups excluding carboxylic acids is 1. The van der Waals surface area contributed by atoms with Gasteiger partial charge in [0.1, 0.15) is 0 Å². The van der Waals surface area contributed by atoms with E-state index in [1.807, 2.05) is 23.1 Å². The number of hydrogen-bond donors (Lipinski definition) is 4. The first-order valence-electron chi connectivity index (χ1n) is 16.3. The first kappa shape index (κ1) is 43.3. The van der Waals surface area contributed by atoms with Gasteiger partial charge in [0.2, 0.25) is 5.91 Å². The lowest BCUT2D eigenvalue weighted by Gasteiger charge is -2.39. The van der Waals surface area contributed by atoms with Crippen molar-refractivity contribution in [1.29, 1.82) is 0 Å². The summed E-state index contributed by atoms with van der Waals surface area (Å²) >= 11 is 6.40. The molecular weight excluding hydrogens is 706 g/mol. The first-order valence-corrected chi connectivity index (χ1v) is 16.7. The maximum atomic E-state index is 14.5. The number of carboxylic acids is 1. The molecule has 2 heterocycles. The van der Waals surface area contributed by atoms with E-state index in [1.165, 1.54) is 48.6 Å². The highest BCUT2D eigenvalue weighted by Gasteiger charge is 2.38. The Morgan fingerprint density at radius 1 is 1.08 bits per heavy atom. The van der Waals surface area contributed by atoms with E-state index in [0.717, 1.165) is 42.3 Å². The van der Waals surface area contributed by atoms with Gasteiger partial charge in [0.15, 0.2) is 0 Å². The van der Waals surface area contributed by atoms with Crippen molar-refractivity contribution in [2.75, 3.05) is 38.6 Å². The van der Waals surface area contributed by atoms with Gasteiger partial charge < -0.3 is 30.3 Å². The minimum Gasteiger partial charge on any atom is -0.483 e. The van der Waals surface area contributed by atoms with Gasteiger partial charge in [-0.1, -0.05) is 56.0 Å². The topological polar surface area (TPSA) is 126 Å². The molecular formula is C35H45ClF6N4O5. The number of para-hydroxylation sites is 1. The number of hydrogen-bond acceptors (Lipinski definition) is 5. The minimum atomic E-state index is -5.08. The number of aliphatic carboxylic acids is 1. The van der Waals surface area contributed by atoms with E-state index in [1.54, 1.807) is 0 Å². The van der Waals surface area contributed by atoms with Crippen molar-refractivity contribution in [2.24, 2.45) is 11.8 Å². The lowest BCUT2D eigenvalue weighted by Crippen LogP contribution is -2.53. The van der Waals surface area contributed by atoms with E-state index in [-0.39, 0.29) is 24.3 Å². The van der Waals surface area contributed by atoms with E-state index in [2.05, 4.69) is 66.7 Å². The number of benzene rings is 2. The van der Waals surface area contributed by atoms with E-state index >= 15 is 0 Å². The number of H-pyrrole nitrogens is 1. The molecule has 16 heteroatoms. The van der Waals surface area contributed by atoms with Crippen LogP contribution < -0.4 is 10.2 Å². The fourth-order valence-corrected chi connectivity index (χ4v) is 6.74. The Hall–Kier alpha value is -3.82. The third-order valence-corrected chi connectivity index (χ3v) is 8.88. The third-order valence-electron chi connectivity index (χ3n) is 8.64. The highest BCUT2D eigenvalue weighted by Crippen LogP contribution is 2.35. The van der Waals surface area contributed by atoms with Gasteiger partial charge in [-0.3, -0.25) is 9.59 Å². The summed E-state index contributed by atoms with van der Waals surface area (Å²) in [7, 11) is 4.21. The SMILES string of the molecule is CC(c1c[nH]c2ccccc12)C(NCC1CCCCC1)C(=O)N1C[C@@H](CN(C)C)Cc2cc(Cl)ccc21.FC(F)F.O=C(O)C(F)(F)F.O=CO. The van der Waals surface area contributed by atoms with Crippen molar-refractivity contribution in [3.8, 4) is 0 Å². The highest BCUT2D eigenvalue weighted by molar-refractivity contribution is 6.30. The molecule has 0 spiro atoms. The van der Waals surface area contributed by atoms with Crippen LogP contribution in [0.1, 0.15) is 56.1 Å². The number of nitrogens with one attached hydrogen (secondary N) is 2. The molecule has 2 aromatic carbocycles. The molecule has 4 N–H and O–H groups in total. The summed E-state index contributed by atoms with van der Waals surface area (Å²) in [5.74, 6) is -1.55. The van der Waals surface area contributed by atoms with Crippen molar-refractivity contribution in [3.05, 3.63) is 64.8 Å². The van der Waals surface area contributed by atoms with Gasteiger partial charge in [-0.2, -0.15) is 26.3 Å². The normalized spacial score (nSPS) is 17.2. The molecule has 284 valence electrons. The van der Waals surface area contributed by atoms with Gasteiger partial charge in [-0.05, 0) is 87.1 Å². The number of carbonyl (C=O) groups is 3. The van der Waals surface area contributed by atoms with Crippen LogP contribution in [0, 0.1) is 11.8 Å². The summed E-state index contributed by atoms with van der Waals surface area (Å²) in [5, 5.41) is 19.7. The number of aromatic amines is 1. The lowest BCUT2D eigenvalue weighted by molar-refractivity contribution is -0.192. The number of fused-ring (bicyclic) bond motifs is 2. The van der Waals surface area contributed by atoms with Gasteiger partial charge in [0.05, 0.1) is 6.04 Å². The summed E-state index contributed by atoms with van der Waals surface area (Å²) < 4.78 is 60.7. The van der Waals surface area contributed by atoms with Gasteiger partial charge in [-0.25, -0.2) is 4.79 Å². The zero-order valence-electron chi connectivity index (χ0n) is 28.6. The van der Waals surface area contributed by atoms with Gasteiger partial charge in [0, 0.05) is 46.8 Å². The number of anilines is 1. The molecule has 9 nitrogen and oxygen atoms in total. The predicted molar refractivity (Wildman–Crippen MR) is 184 cm³/mol. The maximum absolute atomic E-state index is 14.5. The molecule has 2 unspecified atom stereocenters. The number of nitrogens with zero attached hydrogens (tertiary/aromatic N) is 2. The monoisotopic (exact) mass is 750 g/mol. The van der Waals surface area contributed by atoms with Crippen LogP contribution in [0.2, 0.25) is 5.02 Å². The zero-order valence-corrected chi connectivity index (χ0v) is 29.4. The van der Waals surface area contributed by atoms with E-state index in [4.69, 9.17) is 31.4 Å². The number of rotatable bonds is 8. The molecule has 1 fully saturated rings. The van der Waals surface area contributed by atoms with Crippen LogP contribution >= 0.6 is 11.6 Å². The van der Waals surface area contributed by atoms with Crippen LogP contribution in [0.25, 0.3) is 10.9 Å². The Morgan fingerprint density at radius 3 is 2.24 bits per heavy atom. The second-order valence-electron chi connectivity index (χ2n) is 12.7. The minimum absolute atomic E-state index is 0.0252. The van der Waals surface area contributed by atoms with Crippen molar-refractivity contribution < 1.29 is 50.9 Å². The fraction of sp³-hybridized carbons (Fsp3) is 0.514. The van der Waals surface area contributed by atoms with Gasteiger partial charge in [-0.15, -0.1) is 0 Å². The van der Waals surface area contributed by atoms with E-state index < -0.39 is 18.8 Å². The summed E-state index contributed by atoms with van der Waals surface area (Å²) in [6, 6.07) is 14.1. The number of halogens is 7. The second-order valence-corrected chi connectivity index (χ2v) is 13.1. The van der Waals surface area contributed by atoms with E-state index in [0.29, 0.717) is 11.8 Å². The Morgan fingerprint density at radius 2 is 1.67 bits per heavy atom. The highest BCUT2D eigenvalue weighted by atomic mass is 35.5. The van der Waals surface area contributed by atoms with Crippen LogP contribution in [0.15, 0.2) is 48.7 Å².